The van der Waals surface area contributed by atoms with Crippen molar-refractivity contribution in [1.29, 1.82) is 0 Å². The fraction of sp³-hybridized carbons (Fsp3) is 0.500. The van der Waals surface area contributed by atoms with Gasteiger partial charge < -0.3 is 14.8 Å². The third kappa shape index (κ3) is 5.08. The number of nitrogens with zero attached hydrogens (tertiary/aromatic N) is 1. The quantitative estimate of drug-likeness (QED) is 0.457. The van der Waals surface area contributed by atoms with E-state index in [1.54, 1.807) is 12.1 Å². The molecule has 1 heterocycles. The summed E-state index contributed by atoms with van der Waals surface area (Å²) in [6, 6.07) is 14.2. The lowest BCUT2D eigenvalue weighted by atomic mass is 9.58. The standard InChI is InChI=1S/C32H38FNO4/c1-31(2)13-24(35)29(25(36)14-31)28(30-26(37)15-32(3,4)16-27(30)38)22-18-34(23-8-6-5-7-21(22)23)17-19-9-11-20(33)12-10-19/h5-12,18,24,26,28-30,35,37H,13-17H2,1-4H3/t24-,26+,28?,29+,30-. The molecular formula is C32H38FNO4. The number of carbonyl (C=O) groups excluding carboxylic acids is 2. The van der Waals surface area contributed by atoms with E-state index in [1.165, 1.54) is 12.1 Å². The molecule has 1 aromatic heterocycles. The van der Waals surface area contributed by atoms with Gasteiger partial charge in [-0.3, -0.25) is 9.59 Å². The van der Waals surface area contributed by atoms with E-state index in [0.29, 0.717) is 32.2 Å². The van der Waals surface area contributed by atoms with Crippen LogP contribution in [0.4, 0.5) is 4.39 Å². The number of carbonyl (C=O) groups is 2. The molecule has 38 heavy (non-hydrogen) atoms. The lowest BCUT2D eigenvalue weighted by Gasteiger charge is -2.46. The molecule has 0 saturated heterocycles. The molecule has 3 aromatic rings. The maximum absolute atomic E-state index is 13.7. The molecule has 2 aromatic carbocycles. The number of Topliss-reactive ketones (excluding diaryl/α,β-unsaturated/α-hetero) is 2. The highest BCUT2D eigenvalue weighted by molar-refractivity contribution is 5.92. The summed E-state index contributed by atoms with van der Waals surface area (Å²) in [4.78, 5) is 27.4. The molecule has 0 bridgehead atoms. The lowest BCUT2D eigenvalue weighted by molar-refractivity contribution is -0.144. The van der Waals surface area contributed by atoms with Crippen molar-refractivity contribution in [3.8, 4) is 0 Å². The van der Waals surface area contributed by atoms with Gasteiger partial charge in [0.2, 0.25) is 0 Å². The Morgan fingerprint density at radius 3 is 1.92 bits per heavy atom. The molecule has 2 saturated carbocycles. The SMILES string of the molecule is CC1(C)CC(=O)[C@@H](C(c2cn(Cc3ccc(F)cc3)c3ccccc23)[C@H]2C(=O)CC(C)(C)C[C@@H]2O)[C@H](O)C1. The minimum atomic E-state index is -0.912. The third-order valence-electron chi connectivity index (χ3n) is 8.62. The molecule has 0 amide bonds. The van der Waals surface area contributed by atoms with Crippen LogP contribution < -0.4 is 0 Å². The van der Waals surface area contributed by atoms with Gasteiger partial charge in [-0.25, -0.2) is 4.39 Å². The molecule has 2 aliphatic rings. The van der Waals surface area contributed by atoms with Crippen LogP contribution in [0.3, 0.4) is 0 Å². The maximum atomic E-state index is 13.7. The molecule has 6 heteroatoms. The van der Waals surface area contributed by atoms with Crippen LogP contribution >= 0.6 is 0 Å². The predicted molar refractivity (Wildman–Crippen MR) is 145 cm³/mol. The second kappa shape index (κ2) is 9.73. The first kappa shape index (κ1) is 26.8. The lowest BCUT2D eigenvalue weighted by Crippen LogP contribution is -2.51. The Bertz CT molecular complexity index is 1310. The van der Waals surface area contributed by atoms with E-state index >= 15 is 0 Å². The predicted octanol–water partition coefficient (Wildman–Crippen LogP) is 5.64. The van der Waals surface area contributed by atoms with Gasteiger partial charge in [0.05, 0.1) is 24.0 Å². The fourth-order valence-electron chi connectivity index (χ4n) is 7.09. The molecule has 1 unspecified atom stereocenters. The Labute approximate surface area is 223 Å². The summed E-state index contributed by atoms with van der Waals surface area (Å²) in [5.41, 5.74) is 1.99. The Balaban J connectivity index is 1.66. The van der Waals surface area contributed by atoms with Gasteiger partial charge in [-0.2, -0.15) is 0 Å². The van der Waals surface area contributed by atoms with Gasteiger partial charge in [-0.15, -0.1) is 0 Å². The van der Waals surface area contributed by atoms with Gasteiger partial charge in [-0.1, -0.05) is 58.0 Å². The molecule has 2 fully saturated rings. The summed E-state index contributed by atoms with van der Waals surface area (Å²) in [6.45, 7) is 8.41. The van der Waals surface area contributed by atoms with Gasteiger partial charge in [-0.05, 0) is 53.0 Å². The first-order chi connectivity index (χ1) is 17.8. The van der Waals surface area contributed by atoms with Crippen LogP contribution in [0.15, 0.2) is 54.7 Å². The summed E-state index contributed by atoms with van der Waals surface area (Å²) in [7, 11) is 0. The van der Waals surface area contributed by atoms with Crippen LogP contribution in [0.25, 0.3) is 10.9 Å². The molecule has 0 spiro atoms. The number of aliphatic hydroxyl groups excluding tert-OH is 2. The number of hydrogen-bond donors (Lipinski definition) is 2. The highest BCUT2D eigenvalue weighted by atomic mass is 19.1. The number of benzene rings is 2. The van der Waals surface area contributed by atoms with Crippen LogP contribution in [-0.4, -0.2) is 38.6 Å². The van der Waals surface area contributed by atoms with E-state index in [2.05, 4.69) is 4.57 Å². The van der Waals surface area contributed by atoms with Gasteiger partial charge >= 0.3 is 0 Å². The number of para-hydroxylation sites is 1. The molecular weight excluding hydrogens is 481 g/mol. The van der Waals surface area contributed by atoms with Gasteiger partial charge in [0.1, 0.15) is 17.4 Å². The van der Waals surface area contributed by atoms with Crippen molar-refractivity contribution >= 4 is 22.5 Å². The number of aliphatic hydroxyl groups is 2. The average Bonchev–Trinajstić information content (AvgIpc) is 3.15. The Morgan fingerprint density at radius 2 is 1.39 bits per heavy atom. The Morgan fingerprint density at radius 1 is 0.868 bits per heavy atom. The minimum Gasteiger partial charge on any atom is -0.392 e. The summed E-state index contributed by atoms with van der Waals surface area (Å²) in [5.74, 6) is -2.62. The van der Waals surface area contributed by atoms with Crippen molar-refractivity contribution < 1.29 is 24.2 Å². The smallest absolute Gasteiger partial charge is 0.139 e. The number of ketones is 2. The maximum Gasteiger partial charge on any atom is 0.139 e. The van der Waals surface area contributed by atoms with E-state index in [1.807, 2.05) is 58.2 Å². The average molecular weight is 520 g/mol. The monoisotopic (exact) mass is 519 g/mol. The summed E-state index contributed by atoms with van der Waals surface area (Å²) >= 11 is 0. The number of aromatic nitrogens is 1. The second-order valence-electron chi connectivity index (χ2n) is 13.1. The molecule has 202 valence electrons. The van der Waals surface area contributed by atoms with E-state index in [0.717, 1.165) is 22.0 Å². The highest BCUT2D eigenvalue weighted by Gasteiger charge is 2.52. The number of hydrogen-bond acceptors (Lipinski definition) is 4. The molecule has 5 nitrogen and oxygen atoms in total. The van der Waals surface area contributed by atoms with Crippen molar-refractivity contribution in [2.24, 2.45) is 22.7 Å². The van der Waals surface area contributed by atoms with E-state index in [4.69, 9.17) is 0 Å². The van der Waals surface area contributed by atoms with Crippen molar-refractivity contribution in [2.75, 3.05) is 0 Å². The molecule has 5 atom stereocenters. The van der Waals surface area contributed by atoms with Crippen molar-refractivity contribution in [3.63, 3.8) is 0 Å². The zero-order chi connectivity index (χ0) is 27.4. The minimum absolute atomic E-state index is 0.0565. The van der Waals surface area contributed by atoms with E-state index in [9.17, 15) is 24.2 Å². The fourth-order valence-corrected chi connectivity index (χ4v) is 7.09. The van der Waals surface area contributed by atoms with Crippen molar-refractivity contribution in [2.45, 2.75) is 78.0 Å². The molecule has 2 aliphatic carbocycles. The highest BCUT2D eigenvalue weighted by Crippen LogP contribution is 2.51. The van der Waals surface area contributed by atoms with Crippen molar-refractivity contribution in [1.82, 2.24) is 4.57 Å². The molecule has 5 rings (SSSR count). The third-order valence-corrected chi connectivity index (χ3v) is 8.62. The Hall–Kier alpha value is -2.83. The summed E-state index contributed by atoms with van der Waals surface area (Å²) < 4.78 is 15.6. The van der Waals surface area contributed by atoms with Crippen LogP contribution in [0, 0.1) is 28.5 Å². The van der Waals surface area contributed by atoms with Gasteiger partial charge in [0.25, 0.3) is 0 Å². The topological polar surface area (TPSA) is 79.5 Å². The summed E-state index contributed by atoms with van der Waals surface area (Å²) in [6.07, 6.45) is 1.70. The number of halogens is 1. The number of fused-ring (bicyclic) bond motifs is 1. The van der Waals surface area contributed by atoms with E-state index < -0.39 is 30.0 Å². The van der Waals surface area contributed by atoms with Gasteiger partial charge in [0.15, 0.2) is 0 Å². The Kier molecular flexibility index (Phi) is 6.85. The molecule has 0 radical (unpaired) electrons. The first-order valence-corrected chi connectivity index (χ1v) is 13.6. The number of rotatable bonds is 5. The molecule has 2 N–H and O–H groups in total. The van der Waals surface area contributed by atoms with Crippen LogP contribution in [-0.2, 0) is 16.1 Å². The van der Waals surface area contributed by atoms with Gasteiger partial charge in [0, 0.05) is 42.4 Å². The zero-order valence-corrected chi connectivity index (χ0v) is 22.7. The van der Waals surface area contributed by atoms with Crippen LogP contribution in [0.2, 0.25) is 0 Å². The molecule has 0 aliphatic heterocycles. The van der Waals surface area contributed by atoms with Crippen molar-refractivity contribution in [3.05, 3.63) is 71.7 Å². The normalized spacial score (nSPS) is 28.0. The first-order valence-electron chi connectivity index (χ1n) is 13.6. The second-order valence-corrected chi connectivity index (χ2v) is 13.1. The largest absolute Gasteiger partial charge is 0.392 e. The van der Waals surface area contributed by atoms with E-state index in [-0.39, 0.29) is 28.2 Å². The summed E-state index contributed by atoms with van der Waals surface area (Å²) in [5, 5.41) is 23.7. The van der Waals surface area contributed by atoms with Crippen LogP contribution in [0.5, 0.6) is 0 Å². The van der Waals surface area contributed by atoms with Crippen LogP contribution in [0.1, 0.15) is 70.4 Å². The zero-order valence-electron chi connectivity index (χ0n) is 22.7.